The van der Waals surface area contributed by atoms with Crippen LogP contribution in [0, 0.1) is 40.9 Å². The van der Waals surface area contributed by atoms with E-state index in [4.69, 9.17) is 4.74 Å². The molecule has 0 spiro atoms. The summed E-state index contributed by atoms with van der Waals surface area (Å²) in [5, 5.41) is 19.6. The lowest BCUT2D eigenvalue weighted by Gasteiger charge is -2.57. The number of hydrogen-bond donors (Lipinski definition) is 1. The smallest absolute Gasteiger partial charge is 0.0882 e. The first-order valence-corrected chi connectivity index (χ1v) is 12.1. The van der Waals surface area contributed by atoms with E-state index in [1.165, 1.54) is 51.4 Å². The summed E-state index contributed by atoms with van der Waals surface area (Å²) >= 11 is 0. The summed E-state index contributed by atoms with van der Waals surface area (Å²) in [4.78, 5) is 1.87. The molecule has 1 aromatic heterocycles. The minimum absolute atomic E-state index is 0.512. The van der Waals surface area contributed by atoms with Gasteiger partial charge in [0.15, 0.2) is 0 Å². The number of fused-ring (bicyclic) bond motifs is 5. The van der Waals surface area contributed by atoms with Gasteiger partial charge in [0, 0.05) is 7.11 Å². The molecule has 0 bridgehead atoms. The number of nitrogens with zero attached hydrogens (tertiary/aromatic N) is 3. The minimum atomic E-state index is -0.565. The molecule has 4 aliphatic rings. The van der Waals surface area contributed by atoms with Crippen LogP contribution in [0.4, 0.5) is 0 Å². The molecule has 29 heavy (non-hydrogen) atoms. The summed E-state index contributed by atoms with van der Waals surface area (Å²) in [6, 6.07) is 0. The van der Waals surface area contributed by atoms with Crippen molar-refractivity contribution in [2.24, 2.45) is 40.9 Å². The minimum Gasteiger partial charge on any atom is -0.387 e. The SMILES string of the molecule is COC[C@@]1(O)CC[C@H]2C(CCC3[C@@H]2CC[C@]2(C)[C@@H](CCn4nccn4)CC[C@@H]32)C1. The quantitative estimate of drug-likeness (QED) is 0.798. The van der Waals surface area contributed by atoms with E-state index < -0.39 is 5.60 Å². The molecule has 1 N–H and O–H groups in total. The Morgan fingerprint density at radius 2 is 1.79 bits per heavy atom. The largest absolute Gasteiger partial charge is 0.387 e. The Balaban J connectivity index is 1.26. The highest BCUT2D eigenvalue weighted by atomic mass is 16.5. The highest BCUT2D eigenvalue weighted by Crippen LogP contribution is 2.65. The van der Waals surface area contributed by atoms with E-state index in [9.17, 15) is 5.11 Å². The molecule has 162 valence electrons. The van der Waals surface area contributed by atoms with Gasteiger partial charge in [-0.05, 0) is 105 Å². The third-order valence-electron chi connectivity index (χ3n) is 9.86. The molecule has 4 fully saturated rings. The first kappa shape index (κ1) is 20.0. The van der Waals surface area contributed by atoms with Gasteiger partial charge in [-0.25, -0.2) is 0 Å². The van der Waals surface area contributed by atoms with Crippen molar-refractivity contribution in [1.82, 2.24) is 15.0 Å². The van der Waals surface area contributed by atoms with Crippen molar-refractivity contribution >= 4 is 0 Å². The van der Waals surface area contributed by atoms with Crippen LogP contribution in [-0.2, 0) is 11.3 Å². The zero-order chi connectivity index (χ0) is 20.1. The van der Waals surface area contributed by atoms with E-state index >= 15 is 0 Å². The zero-order valence-electron chi connectivity index (χ0n) is 18.3. The fourth-order valence-electron chi connectivity index (χ4n) is 8.58. The lowest BCUT2D eigenvalue weighted by Crippen LogP contribution is -2.51. The van der Waals surface area contributed by atoms with Crippen molar-refractivity contribution in [3.63, 3.8) is 0 Å². The van der Waals surface area contributed by atoms with Crippen LogP contribution in [0.3, 0.4) is 0 Å². The Labute approximate surface area is 175 Å². The van der Waals surface area contributed by atoms with Crippen LogP contribution in [0.1, 0.15) is 71.1 Å². The normalized spacial score (nSPS) is 46.7. The van der Waals surface area contributed by atoms with Crippen LogP contribution in [0.25, 0.3) is 0 Å². The maximum Gasteiger partial charge on any atom is 0.0882 e. The number of aryl methyl sites for hydroxylation is 1. The lowest BCUT2D eigenvalue weighted by atomic mass is 9.49. The van der Waals surface area contributed by atoms with Crippen molar-refractivity contribution < 1.29 is 9.84 Å². The van der Waals surface area contributed by atoms with Crippen LogP contribution < -0.4 is 0 Å². The van der Waals surface area contributed by atoms with Crippen molar-refractivity contribution in [3.8, 4) is 0 Å². The van der Waals surface area contributed by atoms with Gasteiger partial charge in [-0.15, -0.1) is 0 Å². The van der Waals surface area contributed by atoms with Gasteiger partial charge in [0.25, 0.3) is 0 Å². The summed E-state index contributed by atoms with van der Waals surface area (Å²) < 4.78 is 5.34. The Kier molecular flexibility index (Phi) is 5.26. The third kappa shape index (κ3) is 3.46. The monoisotopic (exact) mass is 401 g/mol. The Morgan fingerprint density at radius 3 is 2.59 bits per heavy atom. The van der Waals surface area contributed by atoms with Crippen LogP contribution >= 0.6 is 0 Å². The molecule has 5 rings (SSSR count). The van der Waals surface area contributed by atoms with E-state index in [1.54, 1.807) is 19.5 Å². The second-order valence-electron chi connectivity index (χ2n) is 11.1. The third-order valence-corrected chi connectivity index (χ3v) is 9.86. The van der Waals surface area contributed by atoms with Gasteiger partial charge in [0.05, 0.1) is 31.1 Å². The van der Waals surface area contributed by atoms with E-state index in [2.05, 4.69) is 17.1 Å². The molecule has 5 heteroatoms. The maximum absolute atomic E-state index is 10.9. The number of ether oxygens (including phenoxy) is 1. The summed E-state index contributed by atoms with van der Waals surface area (Å²) in [5.41, 5.74) is -0.0441. The van der Waals surface area contributed by atoms with E-state index in [1.807, 2.05) is 4.80 Å². The van der Waals surface area contributed by atoms with E-state index in [-0.39, 0.29) is 0 Å². The molecule has 1 heterocycles. The first-order chi connectivity index (χ1) is 14.0. The predicted octanol–water partition coefficient (Wildman–Crippen LogP) is 4.31. The summed E-state index contributed by atoms with van der Waals surface area (Å²) in [7, 11) is 1.72. The highest BCUT2D eigenvalue weighted by molar-refractivity contribution is 5.07. The molecule has 0 amide bonds. The molecule has 4 saturated carbocycles. The van der Waals surface area contributed by atoms with Crippen molar-refractivity contribution in [3.05, 3.63) is 12.4 Å². The van der Waals surface area contributed by atoms with Gasteiger partial charge in [-0.2, -0.15) is 15.0 Å². The second kappa shape index (κ2) is 7.64. The Morgan fingerprint density at radius 1 is 1.00 bits per heavy atom. The number of methoxy groups -OCH3 is 1. The standard InChI is InChI=1S/C24H39N3O2/c1-23-10-7-20-19-8-11-24(28,16-29-2)15-17(19)3-5-21(20)22(23)6-4-18(23)9-14-27-25-12-13-26-27/h12-13,17-22,28H,3-11,14-16H2,1-2H3/t17?,18-,19+,20-,21?,22+,23-,24-/m1/s1. The summed E-state index contributed by atoms with van der Waals surface area (Å²) in [6.07, 6.45) is 16.3. The molecular formula is C24H39N3O2. The summed E-state index contributed by atoms with van der Waals surface area (Å²) in [6.45, 7) is 4.10. The van der Waals surface area contributed by atoms with Crippen molar-refractivity contribution in [1.29, 1.82) is 0 Å². The van der Waals surface area contributed by atoms with Crippen LogP contribution in [-0.4, -0.2) is 39.4 Å². The molecule has 0 aliphatic heterocycles. The number of rotatable bonds is 5. The van der Waals surface area contributed by atoms with E-state index in [0.717, 1.165) is 54.9 Å². The first-order valence-electron chi connectivity index (χ1n) is 12.1. The Bertz CT molecular complexity index is 694. The zero-order valence-corrected chi connectivity index (χ0v) is 18.3. The van der Waals surface area contributed by atoms with Gasteiger partial charge < -0.3 is 9.84 Å². The number of hydrogen-bond acceptors (Lipinski definition) is 4. The predicted molar refractivity (Wildman–Crippen MR) is 112 cm³/mol. The topological polar surface area (TPSA) is 60.2 Å². The molecule has 0 aromatic carbocycles. The Hall–Kier alpha value is -0.940. The molecule has 2 unspecified atom stereocenters. The van der Waals surface area contributed by atoms with Gasteiger partial charge in [-0.3, -0.25) is 0 Å². The van der Waals surface area contributed by atoms with Gasteiger partial charge in [0.1, 0.15) is 0 Å². The molecule has 5 nitrogen and oxygen atoms in total. The fourth-order valence-corrected chi connectivity index (χ4v) is 8.58. The van der Waals surface area contributed by atoms with Gasteiger partial charge in [-0.1, -0.05) is 6.92 Å². The highest BCUT2D eigenvalue weighted by Gasteiger charge is 2.57. The van der Waals surface area contributed by atoms with Crippen molar-refractivity contribution in [2.45, 2.75) is 83.3 Å². The molecular weight excluding hydrogens is 362 g/mol. The maximum atomic E-state index is 10.9. The fraction of sp³-hybridized carbons (Fsp3) is 0.917. The number of aliphatic hydroxyl groups is 1. The van der Waals surface area contributed by atoms with Gasteiger partial charge >= 0.3 is 0 Å². The molecule has 0 saturated heterocycles. The lowest BCUT2D eigenvalue weighted by molar-refractivity contribution is -0.124. The summed E-state index contributed by atoms with van der Waals surface area (Å²) in [5.74, 6) is 5.15. The van der Waals surface area contributed by atoms with Crippen LogP contribution in [0.15, 0.2) is 12.4 Å². The molecule has 0 radical (unpaired) electrons. The van der Waals surface area contributed by atoms with E-state index in [0.29, 0.717) is 12.0 Å². The number of aromatic nitrogens is 3. The van der Waals surface area contributed by atoms with Crippen LogP contribution in [0.5, 0.6) is 0 Å². The van der Waals surface area contributed by atoms with Crippen molar-refractivity contribution in [2.75, 3.05) is 13.7 Å². The molecule has 4 aliphatic carbocycles. The average Bonchev–Trinajstić information content (AvgIpc) is 3.33. The van der Waals surface area contributed by atoms with Gasteiger partial charge in [0.2, 0.25) is 0 Å². The second-order valence-corrected chi connectivity index (χ2v) is 11.1. The molecule has 1 aromatic rings. The molecule has 8 atom stereocenters. The van der Waals surface area contributed by atoms with Crippen LogP contribution in [0.2, 0.25) is 0 Å². The average molecular weight is 402 g/mol.